The molecule has 3 saturated carbocycles. The van der Waals surface area contributed by atoms with Gasteiger partial charge in [0.15, 0.2) is 0 Å². The van der Waals surface area contributed by atoms with Crippen molar-refractivity contribution in [2.24, 2.45) is 34.5 Å². The van der Waals surface area contributed by atoms with Gasteiger partial charge in [-0.3, -0.25) is 4.79 Å². The van der Waals surface area contributed by atoms with Crippen LogP contribution in [-0.2, 0) is 11.2 Å². The molecule has 8 atom stereocenters. The van der Waals surface area contributed by atoms with E-state index in [0.29, 0.717) is 23.2 Å². The molecule has 1 amide bonds. The molecular formula is C26H35NO2. The summed E-state index contributed by atoms with van der Waals surface area (Å²) in [6.07, 6.45) is 10.5. The lowest BCUT2D eigenvalue weighted by atomic mass is 9.48. The van der Waals surface area contributed by atoms with Crippen molar-refractivity contribution in [1.29, 1.82) is 0 Å². The average molecular weight is 394 g/mol. The number of likely N-dealkylation sites (N-methyl/N-ethyl adjacent to an activating group) is 1. The van der Waals surface area contributed by atoms with E-state index >= 15 is 0 Å². The maximum Gasteiger partial charge on any atom is 0.246 e. The monoisotopic (exact) mass is 393 g/mol. The molecule has 0 spiro atoms. The topological polar surface area (TPSA) is 40.5 Å². The van der Waals surface area contributed by atoms with Crippen LogP contribution in [0.4, 0.5) is 0 Å². The van der Waals surface area contributed by atoms with Gasteiger partial charge in [-0.1, -0.05) is 50.3 Å². The van der Waals surface area contributed by atoms with Gasteiger partial charge in [-0.2, -0.15) is 0 Å². The number of amides is 1. The third-order valence-electron chi connectivity index (χ3n) is 9.39. The van der Waals surface area contributed by atoms with E-state index in [4.69, 9.17) is 0 Å². The van der Waals surface area contributed by atoms with Gasteiger partial charge < -0.3 is 10.0 Å². The minimum Gasteiger partial charge on any atom is -0.393 e. The second kappa shape index (κ2) is 6.70. The van der Waals surface area contributed by atoms with Crippen molar-refractivity contribution in [3.05, 3.63) is 48.0 Å². The second-order valence-corrected chi connectivity index (χ2v) is 10.9. The lowest BCUT2D eigenvalue weighted by Gasteiger charge is -2.61. The summed E-state index contributed by atoms with van der Waals surface area (Å²) in [5.74, 6) is 2.23. The van der Waals surface area contributed by atoms with Crippen molar-refractivity contribution >= 4 is 5.91 Å². The summed E-state index contributed by atoms with van der Waals surface area (Å²) < 4.78 is 0. The number of carbonyl (C=O) groups excluding carboxylic acids is 1. The minimum absolute atomic E-state index is 0.00853. The van der Waals surface area contributed by atoms with Crippen LogP contribution < -0.4 is 0 Å². The molecule has 0 aromatic heterocycles. The van der Waals surface area contributed by atoms with Crippen molar-refractivity contribution in [3.63, 3.8) is 0 Å². The Morgan fingerprint density at radius 2 is 1.90 bits per heavy atom. The molecule has 1 aromatic carbocycles. The summed E-state index contributed by atoms with van der Waals surface area (Å²) in [4.78, 5) is 14.2. The van der Waals surface area contributed by atoms with Crippen LogP contribution in [0.3, 0.4) is 0 Å². The molecule has 0 saturated heterocycles. The van der Waals surface area contributed by atoms with Gasteiger partial charge in [0.2, 0.25) is 5.91 Å². The summed E-state index contributed by atoms with van der Waals surface area (Å²) in [5.41, 5.74) is 1.79. The predicted octanol–water partition coefficient (Wildman–Crippen LogP) is 4.46. The Morgan fingerprint density at radius 3 is 2.66 bits per heavy atom. The van der Waals surface area contributed by atoms with Crippen LogP contribution in [-0.4, -0.2) is 35.1 Å². The second-order valence-electron chi connectivity index (χ2n) is 10.9. The van der Waals surface area contributed by atoms with E-state index in [9.17, 15) is 9.90 Å². The molecule has 1 N–H and O–H groups in total. The zero-order valence-electron chi connectivity index (χ0n) is 18.1. The largest absolute Gasteiger partial charge is 0.393 e. The maximum atomic E-state index is 12.3. The summed E-state index contributed by atoms with van der Waals surface area (Å²) in [6, 6.07) is 11.0. The zero-order chi connectivity index (χ0) is 20.4. The fraction of sp³-hybridized carbons (Fsp3) is 0.654. The average Bonchev–Trinajstić information content (AvgIpc) is 3.03. The summed E-state index contributed by atoms with van der Waals surface area (Å²) in [7, 11) is 1.92. The summed E-state index contributed by atoms with van der Waals surface area (Å²) >= 11 is 0. The first kappa shape index (κ1) is 19.4. The number of nitrogens with zero attached hydrogens (tertiary/aromatic N) is 1. The van der Waals surface area contributed by atoms with Crippen molar-refractivity contribution in [2.75, 3.05) is 7.05 Å². The van der Waals surface area contributed by atoms with Gasteiger partial charge in [-0.05, 0) is 79.3 Å². The Hall–Kier alpha value is -1.61. The molecule has 5 rings (SSSR count). The molecule has 1 aromatic rings. The number of aliphatic hydroxyl groups is 1. The number of hydrogen-bond donors (Lipinski definition) is 1. The standard InChI is InChI=1S/C26H35NO2/c1-25-11-9-19-24(20(25)14-18(16-25)13-17-7-5-4-6-8-17)21(28)15-22-26(19,2)12-10-23(29)27(22)3/h4-8,10,12,18-22,24,28H,9,11,13-16H2,1-3H3/t18?,19-,20+,21?,22?,24-,25-,26-/m1/s1. The van der Waals surface area contributed by atoms with Gasteiger partial charge in [0.1, 0.15) is 0 Å². The molecule has 1 aliphatic heterocycles. The molecule has 29 heavy (non-hydrogen) atoms. The van der Waals surface area contributed by atoms with Gasteiger partial charge in [0.05, 0.1) is 6.10 Å². The highest BCUT2D eigenvalue weighted by molar-refractivity contribution is 5.89. The van der Waals surface area contributed by atoms with Crippen molar-refractivity contribution in [1.82, 2.24) is 4.90 Å². The van der Waals surface area contributed by atoms with Gasteiger partial charge in [-0.15, -0.1) is 0 Å². The Morgan fingerprint density at radius 1 is 1.14 bits per heavy atom. The molecule has 1 heterocycles. The Bertz CT molecular complexity index is 819. The highest BCUT2D eigenvalue weighted by Crippen LogP contribution is 2.65. The molecule has 0 radical (unpaired) electrons. The number of rotatable bonds is 2. The molecule has 4 aliphatic rings. The number of benzene rings is 1. The van der Waals surface area contributed by atoms with Gasteiger partial charge in [0, 0.05) is 18.5 Å². The Labute approximate surface area is 175 Å². The molecule has 3 unspecified atom stereocenters. The van der Waals surface area contributed by atoms with Crippen LogP contribution in [0.1, 0.15) is 51.5 Å². The van der Waals surface area contributed by atoms with Crippen LogP contribution in [0, 0.1) is 34.5 Å². The van der Waals surface area contributed by atoms with E-state index < -0.39 is 0 Å². The molecule has 3 aliphatic carbocycles. The Kier molecular flexibility index (Phi) is 4.47. The SMILES string of the molecule is CN1C(=O)C=C[C@@]2(C)C1CC(O)[C@@H]1[C@H]2CC[C@]2(C)CC(Cc3ccccc3)C[C@@H]12. The van der Waals surface area contributed by atoms with Crippen LogP contribution >= 0.6 is 0 Å². The normalized spacial score (nSPS) is 46.2. The first-order valence-corrected chi connectivity index (χ1v) is 11.5. The number of aliphatic hydroxyl groups excluding tert-OH is 1. The van der Waals surface area contributed by atoms with Crippen LogP contribution in [0.15, 0.2) is 42.5 Å². The Balaban J connectivity index is 1.43. The lowest BCUT2D eigenvalue weighted by Crippen LogP contribution is -2.63. The number of carbonyl (C=O) groups is 1. The number of fused-ring (bicyclic) bond motifs is 5. The van der Waals surface area contributed by atoms with E-state index in [1.165, 1.54) is 31.2 Å². The molecule has 0 bridgehead atoms. The van der Waals surface area contributed by atoms with Gasteiger partial charge in [0.25, 0.3) is 0 Å². The molecule has 3 fully saturated rings. The quantitative estimate of drug-likeness (QED) is 0.806. The highest BCUT2D eigenvalue weighted by Gasteiger charge is 2.61. The summed E-state index contributed by atoms with van der Waals surface area (Å²) in [5, 5.41) is 11.3. The first-order valence-electron chi connectivity index (χ1n) is 11.5. The van der Waals surface area contributed by atoms with Crippen LogP contribution in [0.5, 0.6) is 0 Å². The minimum atomic E-state index is -0.292. The molecule has 3 heteroatoms. The van der Waals surface area contributed by atoms with E-state index in [-0.39, 0.29) is 23.5 Å². The molecule has 3 nitrogen and oxygen atoms in total. The fourth-order valence-electron chi connectivity index (χ4n) is 7.99. The third-order valence-corrected chi connectivity index (χ3v) is 9.39. The maximum absolute atomic E-state index is 12.3. The molecule has 156 valence electrons. The van der Waals surface area contributed by atoms with Crippen molar-refractivity contribution < 1.29 is 9.90 Å². The predicted molar refractivity (Wildman–Crippen MR) is 115 cm³/mol. The van der Waals surface area contributed by atoms with E-state index in [1.807, 2.05) is 11.9 Å². The van der Waals surface area contributed by atoms with Gasteiger partial charge in [-0.25, -0.2) is 0 Å². The smallest absolute Gasteiger partial charge is 0.246 e. The first-order chi connectivity index (χ1) is 13.8. The van der Waals surface area contributed by atoms with Gasteiger partial charge >= 0.3 is 0 Å². The van der Waals surface area contributed by atoms with Crippen LogP contribution in [0.2, 0.25) is 0 Å². The van der Waals surface area contributed by atoms with E-state index in [0.717, 1.165) is 18.8 Å². The number of hydrogen-bond acceptors (Lipinski definition) is 2. The summed E-state index contributed by atoms with van der Waals surface area (Å²) in [6.45, 7) is 4.84. The highest BCUT2D eigenvalue weighted by atomic mass is 16.3. The third kappa shape index (κ3) is 2.91. The van der Waals surface area contributed by atoms with Crippen molar-refractivity contribution in [2.45, 2.75) is 64.5 Å². The molecular weight excluding hydrogens is 358 g/mol. The van der Waals surface area contributed by atoms with Crippen molar-refractivity contribution in [3.8, 4) is 0 Å². The van der Waals surface area contributed by atoms with Crippen LogP contribution in [0.25, 0.3) is 0 Å². The lowest BCUT2D eigenvalue weighted by molar-refractivity contribution is -0.154. The van der Waals surface area contributed by atoms with E-state index in [2.05, 4.69) is 50.3 Å². The van der Waals surface area contributed by atoms with E-state index in [1.54, 1.807) is 6.08 Å². The zero-order valence-corrected chi connectivity index (χ0v) is 18.1. The fourth-order valence-corrected chi connectivity index (χ4v) is 7.99.